The normalized spacial score (nSPS) is 12.9. The molecule has 1 unspecified atom stereocenters. The van der Waals surface area contributed by atoms with Crippen molar-refractivity contribution in [2.75, 3.05) is 13.2 Å². The molecule has 0 aromatic heterocycles. The van der Waals surface area contributed by atoms with E-state index >= 15 is 0 Å². The number of ether oxygens (including phenoxy) is 3. The molecule has 0 amide bonds. The third-order valence-corrected chi connectivity index (χ3v) is 14.9. The fourth-order valence-corrected chi connectivity index (χ4v) is 9.75. The van der Waals surface area contributed by atoms with Crippen molar-refractivity contribution in [3.05, 3.63) is 122 Å². The summed E-state index contributed by atoms with van der Waals surface area (Å²) in [5, 5.41) is 0. The van der Waals surface area contributed by atoms with Gasteiger partial charge in [-0.3, -0.25) is 14.4 Å². The number of hydrogen-bond acceptors (Lipinski definition) is 6. The summed E-state index contributed by atoms with van der Waals surface area (Å²) >= 11 is 0. The SMILES string of the molecule is CC/C=C\C/C=C\C/C=C\C/C=C\C/C=C\CCCCCC(=O)OC(COC(=O)CCCCCCCC/C=C\C/C=C\C/C=C\C/C=C\CC)COC(=O)CCCCCCCCCCCCCCCCC/C=C\CCCCCCCCCC. The molecule has 474 valence electrons. The molecule has 1 atom stereocenters. The van der Waals surface area contributed by atoms with Crippen molar-refractivity contribution >= 4 is 17.9 Å². The smallest absolute Gasteiger partial charge is 0.306 e. The average Bonchev–Trinajstić information content (AvgIpc) is 3.50. The van der Waals surface area contributed by atoms with E-state index in [0.29, 0.717) is 12.8 Å². The molecule has 0 spiro atoms. The van der Waals surface area contributed by atoms with Crippen LogP contribution in [-0.4, -0.2) is 37.2 Å². The van der Waals surface area contributed by atoms with E-state index in [2.05, 4.69) is 142 Å². The summed E-state index contributed by atoms with van der Waals surface area (Å²) in [6, 6.07) is 0. The summed E-state index contributed by atoms with van der Waals surface area (Å²) in [6.45, 7) is 6.41. The van der Waals surface area contributed by atoms with Gasteiger partial charge in [-0.1, -0.05) is 303 Å². The van der Waals surface area contributed by atoms with E-state index in [9.17, 15) is 14.4 Å². The largest absolute Gasteiger partial charge is 0.462 e. The van der Waals surface area contributed by atoms with Gasteiger partial charge in [0.25, 0.3) is 0 Å². The van der Waals surface area contributed by atoms with Crippen LogP contribution in [0.4, 0.5) is 0 Å². The maximum atomic E-state index is 12.9. The Kier molecular flexibility index (Phi) is 66.7. The lowest BCUT2D eigenvalue weighted by molar-refractivity contribution is -0.167. The second-order valence-corrected chi connectivity index (χ2v) is 23.0. The van der Waals surface area contributed by atoms with Gasteiger partial charge in [0.15, 0.2) is 6.10 Å². The van der Waals surface area contributed by atoms with Gasteiger partial charge in [0.05, 0.1) is 0 Å². The van der Waals surface area contributed by atoms with E-state index in [1.165, 1.54) is 154 Å². The summed E-state index contributed by atoms with van der Waals surface area (Å²) in [5.41, 5.74) is 0. The van der Waals surface area contributed by atoms with Crippen LogP contribution in [0.15, 0.2) is 122 Å². The molecule has 0 aliphatic heterocycles. The second kappa shape index (κ2) is 70.3. The first-order chi connectivity index (χ1) is 41.0. The minimum Gasteiger partial charge on any atom is -0.462 e. The van der Waals surface area contributed by atoms with Gasteiger partial charge in [0, 0.05) is 19.3 Å². The van der Waals surface area contributed by atoms with E-state index < -0.39 is 6.10 Å². The quantitative estimate of drug-likeness (QED) is 0.0261. The number of esters is 3. The van der Waals surface area contributed by atoms with Crippen molar-refractivity contribution in [1.29, 1.82) is 0 Å². The van der Waals surface area contributed by atoms with Crippen molar-refractivity contribution in [1.82, 2.24) is 0 Å². The van der Waals surface area contributed by atoms with Crippen LogP contribution in [0.1, 0.15) is 329 Å². The van der Waals surface area contributed by atoms with Gasteiger partial charge in [-0.15, -0.1) is 0 Å². The molecule has 0 fully saturated rings. The molecule has 0 heterocycles. The van der Waals surface area contributed by atoms with Crippen LogP contribution in [-0.2, 0) is 28.6 Å². The van der Waals surface area contributed by atoms with Crippen LogP contribution in [0.25, 0.3) is 0 Å². The Morgan fingerprint density at radius 1 is 0.253 bits per heavy atom. The highest BCUT2D eigenvalue weighted by Crippen LogP contribution is 2.17. The standard InChI is InChI=1S/C77H130O6/c1-4-7-10-13-16-19-22-25-28-31-34-35-36-37-38-39-40-41-44-46-49-52-55-58-61-64-67-70-76(79)82-73-74(83-77(80)71-68-65-62-59-56-53-50-47-43-33-30-27-24-21-18-15-12-9-6-3)72-81-75(78)69-66-63-60-57-54-51-48-45-42-32-29-26-23-20-17-14-11-8-5-2/h8-9,11-12,17-18,20-21,26-27,29-31,34,42-43,45,47,53,56,74H,4-7,10,13-16,19,22-25,28,32-33,35-41,44,46,48-52,54-55,57-73H2,1-3H3/b11-8-,12-9-,20-17-,21-18-,29-26-,30-27-,34-31-,45-42-,47-43-,56-53-. The summed E-state index contributed by atoms with van der Waals surface area (Å²) in [6.07, 6.45) is 97.9. The fraction of sp³-hybridized carbons (Fsp3) is 0.701. The Morgan fingerprint density at radius 3 is 0.759 bits per heavy atom. The molecule has 6 heteroatoms. The minimum atomic E-state index is -0.807. The molecule has 83 heavy (non-hydrogen) atoms. The van der Waals surface area contributed by atoms with Crippen molar-refractivity contribution < 1.29 is 28.6 Å². The molecule has 6 nitrogen and oxygen atoms in total. The van der Waals surface area contributed by atoms with Crippen molar-refractivity contribution in [3.8, 4) is 0 Å². The van der Waals surface area contributed by atoms with E-state index in [1.54, 1.807) is 0 Å². The van der Waals surface area contributed by atoms with Crippen molar-refractivity contribution in [2.24, 2.45) is 0 Å². The van der Waals surface area contributed by atoms with Crippen molar-refractivity contribution in [2.45, 2.75) is 335 Å². The highest BCUT2D eigenvalue weighted by Gasteiger charge is 2.19. The lowest BCUT2D eigenvalue weighted by Crippen LogP contribution is -2.30. The summed E-state index contributed by atoms with van der Waals surface area (Å²) in [7, 11) is 0. The van der Waals surface area contributed by atoms with Crippen LogP contribution in [0.5, 0.6) is 0 Å². The van der Waals surface area contributed by atoms with Gasteiger partial charge >= 0.3 is 17.9 Å². The molecule has 0 bridgehead atoms. The Balaban J connectivity index is 4.39. The first-order valence-corrected chi connectivity index (χ1v) is 35.0. The Labute approximate surface area is 513 Å². The summed E-state index contributed by atoms with van der Waals surface area (Å²) < 4.78 is 17.0. The number of unbranched alkanes of at least 4 members (excludes halogenated alkanes) is 32. The van der Waals surface area contributed by atoms with Crippen LogP contribution < -0.4 is 0 Å². The molecular formula is C77H130O6. The van der Waals surface area contributed by atoms with Gasteiger partial charge in [-0.2, -0.15) is 0 Å². The number of allylic oxidation sites excluding steroid dienone is 20. The molecule has 0 saturated carbocycles. The Hall–Kier alpha value is -4.19. The lowest BCUT2D eigenvalue weighted by atomic mass is 10.0. The third-order valence-electron chi connectivity index (χ3n) is 14.9. The highest BCUT2D eigenvalue weighted by atomic mass is 16.6. The van der Waals surface area contributed by atoms with Crippen LogP contribution in [0.3, 0.4) is 0 Å². The number of rotatable bonds is 63. The van der Waals surface area contributed by atoms with Crippen LogP contribution in [0.2, 0.25) is 0 Å². The fourth-order valence-electron chi connectivity index (χ4n) is 9.75. The van der Waals surface area contributed by atoms with Gasteiger partial charge in [-0.05, 0) is 128 Å². The topological polar surface area (TPSA) is 78.9 Å². The predicted molar refractivity (Wildman–Crippen MR) is 362 cm³/mol. The summed E-state index contributed by atoms with van der Waals surface area (Å²) in [5.74, 6) is -0.934. The van der Waals surface area contributed by atoms with Crippen molar-refractivity contribution in [3.63, 3.8) is 0 Å². The molecule has 0 aromatic carbocycles. The zero-order valence-corrected chi connectivity index (χ0v) is 54.4. The second-order valence-electron chi connectivity index (χ2n) is 23.0. The van der Waals surface area contributed by atoms with Gasteiger partial charge in [-0.25, -0.2) is 0 Å². The van der Waals surface area contributed by atoms with E-state index in [1.807, 2.05) is 0 Å². The molecular weight excluding hydrogens is 1020 g/mol. The van der Waals surface area contributed by atoms with E-state index in [-0.39, 0.29) is 37.5 Å². The monoisotopic (exact) mass is 1150 g/mol. The molecule has 0 radical (unpaired) electrons. The molecule has 0 N–H and O–H groups in total. The average molecular weight is 1150 g/mol. The zero-order valence-electron chi connectivity index (χ0n) is 54.4. The highest BCUT2D eigenvalue weighted by molar-refractivity contribution is 5.71. The number of carbonyl (C=O) groups excluding carboxylic acids is 3. The molecule has 0 aromatic rings. The lowest BCUT2D eigenvalue weighted by Gasteiger charge is -2.18. The Bertz CT molecular complexity index is 1700. The number of carbonyl (C=O) groups is 3. The molecule has 0 saturated heterocycles. The van der Waals surface area contributed by atoms with E-state index in [4.69, 9.17) is 14.2 Å². The van der Waals surface area contributed by atoms with Gasteiger partial charge in [0.2, 0.25) is 0 Å². The maximum Gasteiger partial charge on any atom is 0.306 e. The first-order valence-electron chi connectivity index (χ1n) is 35.0. The molecule has 0 rings (SSSR count). The predicted octanol–water partition coefficient (Wildman–Crippen LogP) is 24.3. The first kappa shape index (κ1) is 78.8. The van der Waals surface area contributed by atoms with Crippen LogP contribution in [0, 0.1) is 0 Å². The van der Waals surface area contributed by atoms with E-state index in [0.717, 1.165) is 135 Å². The minimum absolute atomic E-state index is 0.0971. The summed E-state index contributed by atoms with van der Waals surface area (Å²) in [4.78, 5) is 38.5. The number of hydrogen-bond donors (Lipinski definition) is 0. The zero-order chi connectivity index (χ0) is 59.9. The maximum absolute atomic E-state index is 12.9. The molecule has 0 aliphatic carbocycles. The molecule has 0 aliphatic rings. The van der Waals surface area contributed by atoms with Gasteiger partial charge in [0.1, 0.15) is 13.2 Å². The van der Waals surface area contributed by atoms with Gasteiger partial charge < -0.3 is 14.2 Å². The Morgan fingerprint density at radius 2 is 0.470 bits per heavy atom. The third kappa shape index (κ3) is 68.5. The van der Waals surface area contributed by atoms with Crippen LogP contribution >= 0.6 is 0 Å².